The Morgan fingerprint density at radius 1 is 1.67 bits per heavy atom. The largest absolute Gasteiger partial charge is 0.480 e. The van der Waals surface area contributed by atoms with Gasteiger partial charge in [-0.3, -0.25) is 4.79 Å². The Balaban J connectivity index is 2.33. The van der Waals surface area contributed by atoms with Crippen molar-refractivity contribution >= 4 is 16.0 Å². The second-order valence-corrected chi connectivity index (χ2v) is 6.02. The standard InChI is InChI=1S/C10H15N3O4S/c1-2-8-11-6-9(12-8)18(16,17)13-5-3-4-7(13)10(14)15/h6-7H,2-5H2,1H3,(H,11,12)(H,14,15)/t7-/m1/s1. The van der Waals surface area contributed by atoms with Crippen LogP contribution in [0.2, 0.25) is 0 Å². The lowest BCUT2D eigenvalue weighted by atomic mass is 10.2. The fraction of sp³-hybridized carbons (Fsp3) is 0.600. The summed E-state index contributed by atoms with van der Waals surface area (Å²) in [6, 6.07) is -0.969. The molecule has 7 nitrogen and oxygen atoms in total. The monoisotopic (exact) mass is 273 g/mol. The van der Waals surface area contributed by atoms with E-state index in [9.17, 15) is 13.2 Å². The van der Waals surface area contributed by atoms with Gasteiger partial charge in [-0.1, -0.05) is 6.92 Å². The molecule has 1 atom stereocenters. The van der Waals surface area contributed by atoms with Crippen molar-refractivity contribution in [3.8, 4) is 0 Å². The number of hydrogen-bond acceptors (Lipinski definition) is 4. The number of carboxylic acid groups (broad SMARTS) is 1. The van der Waals surface area contributed by atoms with Crippen molar-refractivity contribution in [2.24, 2.45) is 0 Å². The smallest absolute Gasteiger partial charge is 0.322 e. The van der Waals surface area contributed by atoms with Crippen molar-refractivity contribution in [2.45, 2.75) is 37.3 Å². The number of sulfonamides is 1. The van der Waals surface area contributed by atoms with Gasteiger partial charge in [-0.05, 0) is 12.8 Å². The summed E-state index contributed by atoms with van der Waals surface area (Å²) >= 11 is 0. The molecule has 1 fully saturated rings. The molecule has 0 spiro atoms. The van der Waals surface area contributed by atoms with Crippen LogP contribution >= 0.6 is 0 Å². The van der Waals surface area contributed by atoms with Crippen molar-refractivity contribution in [2.75, 3.05) is 6.54 Å². The van der Waals surface area contributed by atoms with Gasteiger partial charge in [0, 0.05) is 13.0 Å². The quantitative estimate of drug-likeness (QED) is 0.816. The average molecular weight is 273 g/mol. The van der Waals surface area contributed by atoms with Gasteiger partial charge in [0.15, 0.2) is 5.03 Å². The zero-order valence-corrected chi connectivity index (χ0v) is 10.8. The summed E-state index contributed by atoms with van der Waals surface area (Å²) in [6.07, 6.45) is 2.75. The van der Waals surface area contributed by atoms with Crippen molar-refractivity contribution in [1.29, 1.82) is 0 Å². The van der Waals surface area contributed by atoms with Gasteiger partial charge in [0.05, 0.1) is 6.20 Å². The fourth-order valence-electron chi connectivity index (χ4n) is 2.06. The highest BCUT2D eigenvalue weighted by Crippen LogP contribution is 2.25. The fourth-order valence-corrected chi connectivity index (χ4v) is 3.64. The number of H-pyrrole nitrogens is 1. The summed E-state index contributed by atoms with van der Waals surface area (Å²) in [5.74, 6) is -0.536. The van der Waals surface area contributed by atoms with E-state index in [-0.39, 0.29) is 11.6 Å². The number of nitrogens with zero attached hydrogens (tertiary/aromatic N) is 2. The highest BCUT2D eigenvalue weighted by atomic mass is 32.2. The second kappa shape index (κ2) is 4.69. The first kappa shape index (κ1) is 13.0. The zero-order valence-electron chi connectivity index (χ0n) is 9.96. The summed E-state index contributed by atoms with van der Waals surface area (Å²) in [5.41, 5.74) is 0. The molecule has 1 aromatic heterocycles. The number of imidazole rings is 1. The number of rotatable bonds is 4. The van der Waals surface area contributed by atoms with Crippen LogP contribution in [0.4, 0.5) is 0 Å². The maximum Gasteiger partial charge on any atom is 0.322 e. The lowest BCUT2D eigenvalue weighted by Gasteiger charge is -2.19. The molecule has 0 radical (unpaired) electrons. The molecule has 0 bridgehead atoms. The molecule has 0 aliphatic carbocycles. The third-order valence-corrected chi connectivity index (χ3v) is 4.83. The molecule has 100 valence electrons. The Labute approximate surface area is 105 Å². The molecule has 18 heavy (non-hydrogen) atoms. The van der Waals surface area contributed by atoms with Crippen molar-refractivity contribution < 1.29 is 18.3 Å². The number of aromatic nitrogens is 2. The molecule has 1 aliphatic heterocycles. The predicted molar refractivity (Wildman–Crippen MR) is 62.5 cm³/mol. The van der Waals surface area contributed by atoms with Crippen molar-refractivity contribution in [1.82, 2.24) is 14.3 Å². The lowest BCUT2D eigenvalue weighted by molar-refractivity contribution is -0.140. The van der Waals surface area contributed by atoms with E-state index in [0.29, 0.717) is 25.1 Å². The number of carbonyl (C=O) groups is 1. The van der Waals surface area contributed by atoms with E-state index in [1.165, 1.54) is 6.20 Å². The Morgan fingerprint density at radius 3 is 2.94 bits per heavy atom. The summed E-state index contributed by atoms with van der Waals surface area (Å²) in [6.45, 7) is 2.09. The number of carboxylic acids is 1. The molecular weight excluding hydrogens is 258 g/mol. The molecule has 1 aliphatic rings. The number of hydrogen-bond donors (Lipinski definition) is 2. The average Bonchev–Trinajstić information content (AvgIpc) is 2.98. The van der Waals surface area contributed by atoms with Gasteiger partial charge in [-0.2, -0.15) is 4.31 Å². The van der Waals surface area contributed by atoms with Gasteiger partial charge in [0.25, 0.3) is 10.0 Å². The number of nitrogens with one attached hydrogen (secondary N) is 1. The second-order valence-electron chi connectivity index (χ2n) is 4.16. The van der Waals surface area contributed by atoms with Crippen molar-refractivity contribution in [3.63, 3.8) is 0 Å². The topological polar surface area (TPSA) is 103 Å². The molecular formula is C10H15N3O4S. The van der Waals surface area contributed by atoms with Crippen LogP contribution in [0.3, 0.4) is 0 Å². The minimum absolute atomic E-state index is 0.0347. The van der Waals surface area contributed by atoms with Crippen LogP contribution in [-0.4, -0.2) is 46.4 Å². The Kier molecular flexibility index (Phi) is 3.40. The van der Waals surface area contributed by atoms with Gasteiger partial charge < -0.3 is 10.1 Å². The first-order chi connectivity index (χ1) is 8.46. The Bertz CT molecular complexity index is 551. The number of aryl methyl sites for hydroxylation is 1. The molecule has 0 aromatic carbocycles. The molecule has 2 N–H and O–H groups in total. The molecule has 2 heterocycles. The highest BCUT2D eigenvalue weighted by molar-refractivity contribution is 7.89. The summed E-state index contributed by atoms with van der Waals surface area (Å²) in [7, 11) is -3.79. The maximum atomic E-state index is 12.3. The van der Waals surface area contributed by atoms with Crippen LogP contribution in [0.5, 0.6) is 0 Å². The van der Waals surface area contributed by atoms with E-state index in [2.05, 4.69) is 9.97 Å². The minimum Gasteiger partial charge on any atom is -0.480 e. The van der Waals surface area contributed by atoms with E-state index in [1.54, 1.807) is 0 Å². The molecule has 0 saturated carbocycles. The molecule has 0 amide bonds. The van der Waals surface area contributed by atoms with Crippen LogP contribution in [0.15, 0.2) is 11.2 Å². The highest BCUT2D eigenvalue weighted by Gasteiger charge is 2.40. The van der Waals surface area contributed by atoms with Gasteiger partial charge in [-0.15, -0.1) is 0 Å². The van der Waals surface area contributed by atoms with Crippen LogP contribution < -0.4 is 0 Å². The SMILES string of the molecule is CCc1ncc(S(=O)(=O)N2CCC[C@@H]2C(=O)O)[nH]1. The molecule has 2 rings (SSSR count). The first-order valence-electron chi connectivity index (χ1n) is 5.75. The first-order valence-corrected chi connectivity index (χ1v) is 7.19. The van der Waals surface area contributed by atoms with E-state index < -0.39 is 22.0 Å². The summed E-state index contributed by atoms with van der Waals surface area (Å²) < 4.78 is 25.6. The number of aliphatic carboxylic acids is 1. The zero-order chi connectivity index (χ0) is 13.3. The van der Waals surface area contributed by atoms with Gasteiger partial charge in [-0.25, -0.2) is 13.4 Å². The molecule has 1 saturated heterocycles. The third kappa shape index (κ3) is 2.13. The summed E-state index contributed by atoms with van der Waals surface area (Å²) in [5, 5.41) is 8.98. The van der Waals surface area contributed by atoms with Crippen LogP contribution in [0.1, 0.15) is 25.6 Å². The van der Waals surface area contributed by atoms with Gasteiger partial charge >= 0.3 is 5.97 Å². The maximum absolute atomic E-state index is 12.3. The van der Waals surface area contributed by atoms with Gasteiger partial charge in [0.2, 0.25) is 0 Å². The van der Waals surface area contributed by atoms with E-state index in [4.69, 9.17) is 5.11 Å². The van der Waals surface area contributed by atoms with Crippen LogP contribution in [0.25, 0.3) is 0 Å². The lowest BCUT2D eigenvalue weighted by Crippen LogP contribution is -2.40. The molecule has 8 heteroatoms. The van der Waals surface area contributed by atoms with Gasteiger partial charge in [0.1, 0.15) is 11.9 Å². The van der Waals surface area contributed by atoms with Crippen LogP contribution in [0, 0.1) is 0 Å². The number of aromatic amines is 1. The predicted octanol–water partition coefficient (Wildman–Crippen LogP) is 0.210. The van der Waals surface area contributed by atoms with E-state index >= 15 is 0 Å². The van der Waals surface area contributed by atoms with E-state index in [0.717, 1.165) is 4.31 Å². The summed E-state index contributed by atoms with van der Waals surface area (Å²) in [4.78, 5) is 17.7. The Hall–Kier alpha value is -1.41. The van der Waals surface area contributed by atoms with E-state index in [1.807, 2.05) is 6.92 Å². The van der Waals surface area contributed by atoms with Crippen molar-refractivity contribution in [3.05, 3.63) is 12.0 Å². The molecule has 1 aromatic rings. The minimum atomic E-state index is -3.79. The molecule has 0 unspecified atom stereocenters. The normalized spacial score (nSPS) is 21.3. The Morgan fingerprint density at radius 2 is 2.39 bits per heavy atom. The third-order valence-electron chi connectivity index (χ3n) is 3.02. The van der Waals surface area contributed by atoms with Crippen LogP contribution in [-0.2, 0) is 21.2 Å².